The highest BCUT2D eigenvalue weighted by Gasteiger charge is 2.36. The summed E-state index contributed by atoms with van der Waals surface area (Å²) >= 11 is 0. The van der Waals surface area contributed by atoms with Crippen LogP contribution in [0.1, 0.15) is 41.6 Å². The molecule has 2 aromatic carbocycles. The number of hydrogen-bond acceptors (Lipinski definition) is 3. The molecule has 0 atom stereocenters. The van der Waals surface area contributed by atoms with Crippen LogP contribution in [0.3, 0.4) is 0 Å². The highest BCUT2D eigenvalue weighted by atomic mass is 35.5. The van der Waals surface area contributed by atoms with E-state index >= 15 is 0 Å². The molecule has 1 fully saturated rings. The smallest absolute Gasteiger partial charge is 0.251 e. The first-order valence-electron chi connectivity index (χ1n) is 8.69. The molecule has 7 heteroatoms. The molecule has 0 aromatic heterocycles. The number of halogens is 2. The van der Waals surface area contributed by atoms with E-state index in [1.807, 2.05) is 0 Å². The first-order valence-corrected chi connectivity index (χ1v) is 8.69. The summed E-state index contributed by atoms with van der Waals surface area (Å²) in [7, 11) is 0. The van der Waals surface area contributed by atoms with Crippen molar-refractivity contribution in [2.45, 2.75) is 37.8 Å². The number of rotatable bonds is 5. The standard InChI is InChI=1S/C20H22FN3O2.ClH/c21-16-7-3-14(4-8-16)13-23-18(25)15-5-9-17(10-6-15)24-19(26)20(22)11-1-2-12-20;/h3-10H,1-2,11-13,22H2,(H,23,25)(H,24,26);1H. The van der Waals surface area contributed by atoms with Crippen LogP contribution in [0.25, 0.3) is 0 Å². The number of carbonyl (C=O) groups is 2. The van der Waals surface area contributed by atoms with Crippen molar-refractivity contribution in [2.75, 3.05) is 5.32 Å². The van der Waals surface area contributed by atoms with E-state index in [2.05, 4.69) is 10.6 Å². The lowest BCUT2D eigenvalue weighted by molar-refractivity contribution is -0.121. The van der Waals surface area contributed by atoms with Crippen LogP contribution in [0.2, 0.25) is 0 Å². The van der Waals surface area contributed by atoms with Crippen molar-refractivity contribution in [3.63, 3.8) is 0 Å². The van der Waals surface area contributed by atoms with E-state index in [9.17, 15) is 14.0 Å². The van der Waals surface area contributed by atoms with Gasteiger partial charge in [-0.1, -0.05) is 25.0 Å². The Kier molecular flexibility index (Phi) is 6.93. The van der Waals surface area contributed by atoms with E-state index in [0.717, 1.165) is 18.4 Å². The minimum absolute atomic E-state index is 0. The molecule has 144 valence electrons. The molecule has 0 radical (unpaired) electrons. The molecule has 0 saturated heterocycles. The average Bonchev–Trinajstić information content (AvgIpc) is 3.10. The molecule has 0 spiro atoms. The van der Waals surface area contributed by atoms with E-state index < -0.39 is 5.54 Å². The number of hydrogen-bond donors (Lipinski definition) is 3. The second-order valence-electron chi connectivity index (χ2n) is 6.70. The fourth-order valence-corrected chi connectivity index (χ4v) is 3.08. The zero-order valence-corrected chi connectivity index (χ0v) is 15.7. The van der Waals surface area contributed by atoms with Gasteiger partial charge in [-0.3, -0.25) is 9.59 Å². The van der Waals surface area contributed by atoms with Gasteiger partial charge in [0.1, 0.15) is 5.82 Å². The highest BCUT2D eigenvalue weighted by molar-refractivity contribution is 5.99. The Morgan fingerprint density at radius 3 is 2.19 bits per heavy atom. The molecule has 27 heavy (non-hydrogen) atoms. The minimum atomic E-state index is -0.787. The van der Waals surface area contributed by atoms with Crippen molar-refractivity contribution in [1.82, 2.24) is 5.32 Å². The SMILES string of the molecule is Cl.NC1(C(=O)Nc2ccc(C(=O)NCc3ccc(F)cc3)cc2)CCCC1. The number of nitrogens with two attached hydrogens (primary N) is 1. The van der Waals surface area contributed by atoms with Crippen LogP contribution < -0.4 is 16.4 Å². The fourth-order valence-electron chi connectivity index (χ4n) is 3.08. The Morgan fingerprint density at radius 2 is 1.59 bits per heavy atom. The molecule has 2 amide bonds. The van der Waals surface area contributed by atoms with Crippen LogP contribution in [0, 0.1) is 5.82 Å². The van der Waals surface area contributed by atoms with E-state index in [4.69, 9.17) is 5.73 Å². The zero-order valence-electron chi connectivity index (χ0n) is 14.8. The molecule has 0 heterocycles. The number of benzene rings is 2. The summed E-state index contributed by atoms with van der Waals surface area (Å²) in [6, 6.07) is 12.6. The van der Waals surface area contributed by atoms with Gasteiger partial charge >= 0.3 is 0 Å². The third-order valence-corrected chi connectivity index (χ3v) is 4.72. The third kappa shape index (κ3) is 5.28. The van der Waals surface area contributed by atoms with Gasteiger partial charge in [0.15, 0.2) is 0 Å². The predicted molar refractivity (Wildman–Crippen MR) is 105 cm³/mol. The largest absolute Gasteiger partial charge is 0.348 e. The molecule has 1 aliphatic rings. The Labute approximate surface area is 163 Å². The maximum atomic E-state index is 12.9. The molecule has 0 aliphatic heterocycles. The van der Waals surface area contributed by atoms with Crippen LogP contribution in [-0.2, 0) is 11.3 Å². The lowest BCUT2D eigenvalue weighted by atomic mass is 9.98. The quantitative estimate of drug-likeness (QED) is 0.730. The van der Waals surface area contributed by atoms with Gasteiger partial charge in [0.25, 0.3) is 5.91 Å². The monoisotopic (exact) mass is 391 g/mol. The molecule has 0 unspecified atom stereocenters. The van der Waals surface area contributed by atoms with Crippen molar-refractivity contribution in [2.24, 2.45) is 5.73 Å². The Morgan fingerprint density at radius 1 is 1.00 bits per heavy atom. The molecular weight excluding hydrogens is 369 g/mol. The lowest BCUT2D eigenvalue weighted by Crippen LogP contribution is -2.48. The van der Waals surface area contributed by atoms with Gasteiger partial charge in [-0.15, -0.1) is 12.4 Å². The average molecular weight is 392 g/mol. The van der Waals surface area contributed by atoms with Gasteiger partial charge in [-0.05, 0) is 54.8 Å². The van der Waals surface area contributed by atoms with Crippen molar-refractivity contribution < 1.29 is 14.0 Å². The Balaban J connectivity index is 0.00000261. The van der Waals surface area contributed by atoms with Gasteiger partial charge in [0.05, 0.1) is 5.54 Å². The Bertz CT molecular complexity index is 788. The minimum Gasteiger partial charge on any atom is -0.348 e. The summed E-state index contributed by atoms with van der Waals surface area (Å²) in [6.07, 6.45) is 3.33. The van der Waals surface area contributed by atoms with Gasteiger partial charge in [0, 0.05) is 17.8 Å². The molecular formula is C20H23ClFN3O2. The highest BCUT2D eigenvalue weighted by Crippen LogP contribution is 2.28. The Hall–Kier alpha value is -2.44. The molecule has 4 N–H and O–H groups in total. The van der Waals surface area contributed by atoms with Crippen molar-refractivity contribution in [3.8, 4) is 0 Å². The second kappa shape index (κ2) is 8.97. The van der Waals surface area contributed by atoms with E-state index in [1.165, 1.54) is 12.1 Å². The van der Waals surface area contributed by atoms with Gasteiger partial charge in [-0.25, -0.2) is 4.39 Å². The van der Waals surface area contributed by atoms with Crippen LogP contribution in [-0.4, -0.2) is 17.4 Å². The third-order valence-electron chi connectivity index (χ3n) is 4.72. The van der Waals surface area contributed by atoms with E-state index in [-0.39, 0.29) is 30.0 Å². The van der Waals surface area contributed by atoms with E-state index in [0.29, 0.717) is 30.6 Å². The number of carbonyl (C=O) groups excluding carboxylic acids is 2. The van der Waals surface area contributed by atoms with Crippen LogP contribution in [0.15, 0.2) is 48.5 Å². The second-order valence-corrected chi connectivity index (χ2v) is 6.70. The van der Waals surface area contributed by atoms with Crippen LogP contribution >= 0.6 is 12.4 Å². The first-order chi connectivity index (χ1) is 12.5. The number of nitrogens with one attached hydrogen (secondary N) is 2. The van der Waals surface area contributed by atoms with Crippen molar-refractivity contribution >= 4 is 29.9 Å². The van der Waals surface area contributed by atoms with Gasteiger partial charge in [0.2, 0.25) is 5.91 Å². The molecule has 5 nitrogen and oxygen atoms in total. The number of amides is 2. The molecule has 3 rings (SSSR count). The summed E-state index contributed by atoms with van der Waals surface area (Å²) in [5.41, 5.74) is 7.25. The fraction of sp³-hybridized carbons (Fsp3) is 0.300. The molecule has 0 bridgehead atoms. The van der Waals surface area contributed by atoms with E-state index in [1.54, 1.807) is 36.4 Å². The van der Waals surface area contributed by atoms with Crippen molar-refractivity contribution in [3.05, 3.63) is 65.5 Å². The normalized spacial score (nSPS) is 14.9. The number of anilines is 1. The van der Waals surface area contributed by atoms with Gasteiger partial charge in [-0.2, -0.15) is 0 Å². The summed E-state index contributed by atoms with van der Waals surface area (Å²) in [4.78, 5) is 24.5. The summed E-state index contributed by atoms with van der Waals surface area (Å²) in [5.74, 6) is -0.726. The predicted octanol–water partition coefficient (Wildman–Crippen LogP) is 3.39. The maximum absolute atomic E-state index is 12.9. The summed E-state index contributed by atoms with van der Waals surface area (Å²) in [5, 5.41) is 5.60. The molecule has 1 saturated carbocycles. The van der Waals surface area contributed by atoms with Crippen LogP contribution in [0.4, 0.5) is 10.1 Å². The van der Waals surface area contributed by atoms with Crippen molar-refractivity contribution in [1.29, 1.82) is 0 Å². The zero-order chi connectivity index (χ0) is 18.6. The van der Waals surface area contributed by atoms with Crippen LogP contribution in [0.5, 0.6) is 0 Å². The topological polar surface area (TPSA) is 84.2 Å². The summed E-state index contributed by atoms with van der Waals surface area (Å²) in [6.45, 7) is 0.313. The molecule has 2 aromatic rings. The summed E-state index contributed by atoms with van der Waals surface area (Å²) < 4.78 is 12.9. The first kappa shape index (κ1) is 20.9. The lowest BCUT2D eigenvalue weighted by Gasteiger charge is -2.22. The van der Waals surface area contributed by atoms with Gasteiger partial charge < -0.3 is 16.4 Å². The maximum Gasteiger partial charge on any atom is 0.251 e. The molecule has 1 aliphatic carbocycles.